The van der Waals surface area contributed by atoms with Crippen molar-refractivity contribution in [2.75, 3.05) is 5.75 Å². The Hall–Kier alpha value is -3.00. The minimum Gasteiger partial charge on any atom is -0.387 e. The monoisotopic (exact) mass is 740 g/mol. The fourth-order valence-corrected chi connectivity index (χ4v) is 5.94. The maximum atomic E-state index is 12.5. The molecular weight excluding hydrogens is 667 g/mol. The van der Waals surface area contributed by atoms with E-state index in [9.17, 15) is 22.9 Å². The van der Waals surface area contributed by atoms with Crippen LogP contribution in [0.25, 0.3) is 0 Å². The summed E-state index contributed by atoms with van der Waals surface area (Å²) in [5, 5.41) is 13.1. The molecule has 0 saturated carbocycles. The highest BCUT2D eigenvalue weighted by atomic mass is 32.2. The largest absolute Gasteiger partial charge is 0.387 e. The summed E-state index contributed by atoms with van der Waals surface area (Å²) < 4.78 is 32.4. The second-order valence-corrected chi connectivity index (χ2v) is 14.7. The summed E-state index contributed by atoms with van der Waals surface area (Å²) in [6.45, 7) is 4.39. The van der Waals surface area contributed by atoms with E-state index in [1.165, 1.54) is 57.4 Å². The number of aliphatic hydroxyl groups is 1. The van der Waals surface area contributed by atoms with Gasteiger partial charge in [0.05, 0.1) is 17.9 Å². The smallest absolute Gasteiger partial charge is 0.267 e. The molecule has 6 nitrogen and oxygen atoms in total. The molecule has 1 amide bonds. The Labute approximate surface area is 319 Å². The highest BCUT2D eigenvalue weighted by molar-refractivity contribution is 7.85. The van der Waals surface area contributed by atoms with Gasteiger partial charge >= 0.3 is 0 Å². The van der Waals surface area contributed by atoms with Crippen molar-refractivity contribution in [3.63, 3.8) is 0 Å². The first-order valence-corrected chi connectivity index (χ1v) is 21.7. The van der Waals surface area contributed by atoms with E-state index in [4.69, 9.17) is 0 Å². The number of hydrogen-bond donors (Lipinski definition) is 3. The summed E-state index contributed by atoms with van der Waals surface area (Å²) in [4.78, 5) is 12.5. The summed E-state index contributed by atoms with van der Waals surface area (Å²) in [6.07, 6.45) is 58.0. The lowest BCUT2D eigenvalue weighted by molar-refractivity contribution is -0.122. The molecule has 52 heavy (non-hydrogen) atoms. The quantitative estimate of drug-likeness (QED) is 0.0346. The van der Waals surface area contributed by atoms with Gasteiger partial charge in [0.1, 0.15) is 0 Å². The van der Waals surface area contributed by atoms with Gasteiger partial charge in [-0.2, -0.15) is 8.42 Å². The SMILES string of the molecule is CC/C=C\C/C=C\C/C=C\C/C=C\C/C=C\C/C=C\CCC(=O)NC(CS(=O)(=O)O)C(O)/C=C/CC/C=C/CC/C=C/CCCCCCCCCC. The summed E-state index contributed by atoms with van der Waals surface area (Å²) in [5.74, 6) is -1.13. The van der Waals surface area contributed by atoms with Crippen molar-refractivity contribution in [2.24, 2.45) is 0 Å². The predicted molar refractivity (Wildman–Crippen MR) is 225 cm³/mol. The Balaban J connectivity index is 4.19. The van der Waals surface area contributed by atoms with Gasteiger partial charge in [0, 0.05) is 6.42 Å². The maximum absolute atomic E-state index is 12.5. The molecule has 0 rings (SSSR count). The van der Waals surface area contributed by atoms with E-state index in [0.29, 0.717) is 12.8 Å². The van der Waals surface area contributed by atoms with Gasteiger partial charge in [0.25, 0.3) is 10.1 Å². The number of aliphatic hydroxyl groups excluding tert-OH is 1. The van der Waals surface area contributed by atoms with E-state index in [2.05, 4.69) is 104 Å². The van der Waals surface area contributed by atoms with E-state index < -0.39 is 28.0 Å². The Morgan fingerprint density at radius 3 is 1.42 bits per heavy atom. The zero-order chi connectivity index (χ0) is 38.2. The van der Waals surface area contributed by atoms with Crippen LogP contribution in [-0.2, 0) is 14.9 Å². The molecule has 0 aliphatic heterocycles. The molecule has 0 heterocycles. The lowest BCUT2D eigenvalue weighted by Crippen LogP contribution is -2.46. The van der Waals surface area contributed by atoms with Gasteiger partial charge in [0.2, 0.25) is 5.91 Å². The van der Waals surface area contributed by atoms with Crippen molar-refractivity contribution >= 4 is 16.0 Å². The molecule has 7 heteroatoms. The van der Waals surface area contributed by atoms with Crippen molar-refractivity contribution in [3.8, 4) is 0 Å². The number of carbonyl (C=O) groups excluding carboxylic acids is 1. The molecule has 0 aromatic carbocycles. The molecule has 2 unspecified atom stereocenters. The van der Waals surface area contributed by atoms with E-state index in [-0.39, 0.29) is 12.3 Å². The number of unbranched alkanes of at least 4 members (excludes halogenated alkanes) is 10. The van der Waals surface area contributed by atoms with Crippen LogP contribution in [0.4, 0.5) is 0 Å². The number of amides is 1. The predicted octanol–water partition coefficient (Wildman–Crippen LogP) is 12.0. The van der Waals surface area contributed by atoms with Crippen LogP contribution in [0.15, 0.2) is 109 Å². The number of allylic oxidation sites excluding steroid dienone is 17. The highest BCUT2D eigenvalue weighted by Gasteiger charge is 2.24. The zero-order valence-electron chi connectivity index (χ0n) is 32.6. The van der Waals surface area contributed by atoms with Gasteiger partial charge in [-0.15, -0.1) is 0 Å². The van der Waals surface area contributed by atoms with E-state index in [1.807, 2.05) is 12.2 Å². The topological polar surface area (TPSA) is 104 Å². The number of carbonyl (C=O) groups is 1. The molecule has 0 aromatic heterocycles. The third kappa shape index (κ3) is 38.2. The molecule has 0 aromatic rings. The van der Waals surface area contributed by atoms with Crippen molar-refractivity contribution in [1.29, 1.82) is 0 Å². The van der Waals surface area contributed by atoms with Crippen LogP contribution in [0.3, 0.4) is 0 Å². The summed E-state index contributed by atoms with van der Waals surface area (Å²) >= 11 is 0. The molecule has 3 N–H and O–H groups in total. The molecule has 294 valence electrons. The lowest BCUT2D eigenvalue weighted by atomic mass is 10.1. The minimum atomic E-state index is -4.39. The number of hydrogen-bond acceptors (Lipinski definition) is 4. The van der Waals surface area contributed by atoms with E-state index in [1.54, 1.807) is 6.08 Å². The summed E-state index contributed by atoms with van der Waals surface area (Å²) in [7, 11) is -4.39. The highest BCUT2D eigenvalue weighted by Crippen LogP contribution is 2.10. The fourth-order valence-electron chi connectivity index (χ4n) is 5.21. The maximum Gasteiger partial charge on any atom is 0.267 e. The van der Waals surface area contributed by atoms with Crippen molar-refractivity contribution in [1.82, 2.24) is 5.32 Å². The van der Waals surface area contributed by atoms with Crippen molar-refractivity contribution in [3.05, 3.63) is 109 Å². The standard InChI is InChI=1S/C45H73NO5S/c1-3-5-7-9-11-13-15-17-19-21-23-25-27-29-31-33-35-37-39-41-45(48)46-43(42-52(49,50)51)44(47)40-38-36-34-32-30-28-26-24-22-20-18-16-14-12-10-8-6-4-2/h5,7,11,13,17,19,22-25,29-32,35,37-38,40,43-44,47H,3-4,6,8-10,12,14-16,18,20-21,26-28,33-34,36,39,41-42H2,1-2H3,(H,46,48)(H,49,50,51)/b7-5-,13-11-,19-17-,24-22+,25-23-,31-29-,32-30+,37-35-,40-38+. The Kier molecular flexibility index (Phi) is 35.6. The summed E-state index contributed by atoms with van der Waals surface area (Å²) in [5.41, 5.74) is 0. The molecule has 0 bridgehead atoms. The molecule has 0 saturated heterocycles. The third-order valence-electron chi connectivity index (χ3n) is 8.17. The third-order valence-corrected chi connectivity index (χ3v) is 8.95. The summed E-state index contributed by atoms with van der Waals surface area (Å²) in [6, 6.07) is -1.13. The van der Waals surface area contributed by atoms with Crippen molar-refractivity contribution < 1.29 is 22.9 Å². The van der Waals surface area contributed by atoms with Gasteiger partial charge in [-0.1, -0.05) is 168 Å². The fraction of sp³-hybridized carbons (Fsp3) is 0.578. The van der Waals surface area contributed by atoms with Gasteiger partial charge < -0.3 is 10.4 Å². The molecular formula is C45H73NO5S. The van der Waals surface area contributed by atoms with Gasteiger partial charge in [-0.25, -0.2) is 0 Å². The van der Waals surface area contributed by atoms with Gasteiger partial charge in [0.15, 0.2) is 0 Å². The van der Waals surface area contributed by atoms with E-state index in [0.717, 1.165) is 64.2 Å². The van der Waals surface area contributed by atoms with Crippen LogP contribution in [-0.4, -0.2) is 41.9 Å². The van der Waals surface area contributed by atoms with Crippen LogP contribution in [0.2, 0.25) is 0 Å². The average molecular weight is 740 g/mol. The lowest BCUT2D eigenvalue weighted by Gasteiger charge is -2.20. The average Bonchev–Trinajstić information content (AvgIpc) is 3.11. The molecule has 2 atom stereocenters. The Bertz CT molecular complexity index is 1220. The molecule has 0 fully saturated rings. The first-order valence-electron chi connectivity index (χ1n) is 20.1. The van der Waals surface area contributed by atoms with Gasteiger partial charge in [-0.05, 0) is 83.5 Å². The van der Waals surface area contributed by atoms with Crippen LogP contribution < -0.4 is 5.32 Å². The second-order valence-electron chi connectivity index (χ2n) is 13.2. The number of rotatable bonds is 34. The normalized spacial score (nSPS) is 14.5. The minimum absolute atomic E-state index is 0.153. The molecule has 0 spiro atoms. The molecule has 0 aliphatic rings. The Morgan fingerprint density at radius 2 is 0.942 bits per heavy atom. The Morgan fingerprint density at radius 1 is 0.538 bits per heavy atom. The van der Waals surface area contributed by atoms with Gasteiger partial charge in [-0.3, -0.25) is 9.35 Å². The number of nitrogens with one attached hydrogen (secondary N) is 1. The molecule has 0 radical (unpaired) electrons. The first-order chi connectivity index (χ1) is 25.3. The van der Waals surface area contributed by atoms with Crippen molar-refractivity contribution in [2.45, 2.75) is 161 Å². The van der Waals surface area contributed by atoms with Crippen LogP contribution in [0, 0.1) is 0 Å². The van der Waals surface area contributed by atoms with Crippen LogP contribution in [0.5, 0.6) is 0 Å². The zero-order valence-corrected chi connectivity index (χ0v) is 33.4. The first kappa shape index (κ1) is 49.0. The second kappa shape index (κ2) is 37.7. The molecule has 0 aliphatic carbocycles. The van der Waals surface area contributed by atoms with Crippen LogP contribution >= 0.6 is 0 Å². The van der Waals surface area contributed by atoms with Crippen LogP contribution in [0.1, 0.15) is 149 Å². The van der Waals surface area contributed by atoms with E-state index >= 15 is 0 Å².